The van der Waals surface area contributed by atoms with Gasteiger partial charge >= 0.3 is 0 Å². The average Bonchev–Trinajstić information content (AvgIpc) is 3.80. The van der Waals surface area contributed by atoms with Crippen LogP contribution < -0.4 is 16.0 Å². The van der Waals surface area contributed by atoms with Crippen molar-refractivity contribution in [2.24, 2.45) is 11.8 Å². The molecule has 5 rings (SSSR count). The minimum absolute atomic E-state index is 0.0166. The highest BCUT2D eigenvalue weighted by Gasteiger charge is 2.36. The zero-order valence-electron chi connectivity index (χ0n) is 27.6. The molecule has 16 heteroatoms. The summed E-state index contributed by atoms with van der Waals surface area (Å²) in [6, 6.07) is 2.37. The Morgan fingerprint density at radius 3 is 2.42 bits per heavy atom. The largest absolute Gasteiger partial charge is 0.338 e. The van der Waals surface area contributed by atoms with Crippen LogP contribution in [0.3, 0.4) is 0 Å². The Balaban J connectivity index is 1.34. The number of likely N-dealkylation sites (N-methyl/N-ethyl adjacent to an activating group) is 1. The van der Waals surface area contributed by atoms with Crippen molar-refractivity contribution < 1.29 is 28.2 Å². The Kier molecular flexibility index (Phi) is 11.5. The first-order chi connectivity index (χ1) is 23.0. The second-order valence-corrected chi connectivity index (χ2v) is 13.5. The molecular formula is C32H42FN9O5S. The Morgan fingerprint density at radius 2 is 1.77 bits per heavy atom. The molecule has 2 aromatic heterocycles. The predicted molar refractivity (Wildman–Crippen MR) is 175 cm³/mol. The minimum Gasteiger partial charge on any atom is -0.338 e. The van der Waals surface area contributed by atoms with Crippen LogP contribution in [0.2, 0.25) is 0 Å². The summed E-state index contributed by atoms with van der Waals surface area (Å²) in [4.78, 5) is 61.3. The number of hydrogen-bond acceptors (Lipinski definition) is 11. The number of nitrogens with one attached hydrogen (secondary N) is 3. The number of nitrogens with zero attached hydrogens (tertiary/aromatic N) is 6. The van der Waals surface area contributed by atoms with E-state index in [0.29, 0.717) is 49.8 Å². The average molecular weight is 684 g/mol. The molecule has 0 unspecified atom stereocenters. The van der Waals surface area contributed by atoms with E-state index in [-0.39, 0.29) is 28.2 Å². The monoisotopic (exact) mass is 683 g/mol. The standard InChI is InChI=1S/C32H42FN9O5S/c1-5-23-27(40-47-39-23)29(44)38-26(20-8-6-18(2)7-9-20)28(43)36-24-11-10-21(16-22(24)33)19(3)25(37-30(45)31-34-17-35-48-31)32(46)42-14-12-41(4)13-15-42/h10-11,16-20,25-26H,5-9,12-15H2,1-4H3,(H,36,43)(H,37,45)(H,38,44)/t18?,19-,20?,25+,26-/m0/s1. The molecule has 3 N–H and O–H groups in total. The van der Waals surface area contributed by atoms with Gasteiger partial charge in [-0.1, -0.05) is 44.8 Å². The highest BCUT2D eigenvalue weighted by Crippen LogP contribution is 2.32. The fourth-order valence-corrected chi connectivity index (χ4v) is 6.69. The Morgan fingerprint density at radius 1 is 1.04 bits per heavy atom. The summed E-state index contributed by atoms with van der Waals surface area (Å²) >= 11 is 0.913. The van der Waals surface area contributed by atoms with E-state index in [1.54, 1.807) is 17.9 Å². The molecule has 1 saturated heterocycles. The topological polar surface area (TPSA) is 176 Å². The fraction of sp³-hybridized carbons (Fsp3) is 0.562. The van der Waals surface area contributed by atoms with Crippen molar-refractivity contribution in [3.05, 3.63) is 52.3 Å². The van der Waals surface area contributed by atoms with Crippen molar-refractivity contribution >= 4 is 40.8 Å². The van der Waals surface area contributed by atoms with Crippen molar-refractivity contribution in [3.63, 3.8) is 0 Å². The van der Waals surface area contributed by atoms with Crippen molar-refractivity contribution in [2.45, 2.75) is 70.9 Å². The predicted octanol–water partition coefficient (Wildman–Crippen LogP) is 2.86. The lowest BCUT2D eigenvalue weighted by atomic mass is 9.79. The van der Waals surface area contributed by atoms with Crippen LogP contribution in [-0.2, 0) is 16.0 Å². The SMILES string of the molecule is CCc1nonc1C(=O)N[C@H](C(=O)Nc1ccc([C@H](C)[C@@H](NC(=O)c2ncns2)C(=O)N2CCN(C)CC2)cc1F)C1CCC(C)CC1. The van der Waals surface area contributed by atoms with Crippen molar-refractivity contribution in [3.8, 4) is 0 Å². The van der Waals surface area contributed by atoms with Gasteiger partial charge in [0.2, 0.25) is 16.8 Å². The van der Waals surface area contributed by atoms with E-state index in [0.717, 1.165) is 37.2 Å². The Labute approximate surface area is 282 Å². The molecule has 258 valence electrons. The van der Waals surface area contributed by atoms with E-state index in [1.165, 1.54) is 18.5 Å². The molecule has 0 radical (unpaired) electrons. The molecule has 1 aliphatic carbocycles. The van der Waals surface area contributed by atoms with E-state index in [4.69, 9.17) is 4.63 Å². The van der Waals surface area contributed by atoms with Gasteiger partial charge in [0.05, 0.1) is 5.69 Å². The number of benzene rings is 1. The number of aryl methyl sites for hydroxylation is 1. The lowest BCUT2D eigenvalue weighted by molar-refractivity contribution is -0.135. The Hall–Kier alpha value is -4.31. The van der Waals surface area contributed by atoms with E-state index < -0.39 is 41.5 Å². The molecule has 3 atom stereocenters. The zero-order valence-corrected chi connectivity index (χ0v) is 28.4. The van der Waals surface area contributed by atoms with Gasteiger partial charge in [0, 0.05) is 32.1 Å². The van der Waals surface area contributed by atoms with Crippen LogP contribution in [0.1, 0.15) is 83.9 Å². The number of carbonyl (C=O) groups excluding carboxylic acids is 4. The molecule has 3 heterocycles. The third kappa shape index (κ3) is 8.21. The van der Waals surface area contributed by atoms with Crippen LogP contribution in [0.25, 0.3) is 0 Å². The number of piperazine rings is 1. The second kappa shape index (κ2) is 15.7. The lowest BCUT2D eigenvalue weighted by Crippen LogP contribution is -2.55. The van der Waals surface area contributed by atoms with Crippen LogP contribution in [-0.4, -0.2) is 98.4 Å². The molecule has 0 spiro atoms. The Bertz CT molecular complexity index is 1590. The van der Waals surface area contributed by atoms with Crippen molar-refractivity contribution in [1.29, 1.82) is 0 Å². The molecule has 48 heavy (non-hydrogen) atoms. The van der Waals surface area contributed by atoms with Crippen LogP contribution in [0.4, 0.5) is 10.1 Å². The molecule has 3 aromatic rings. The van der Waals surface area contributed by atoms with E-state index in [1.807, 2.05) is 14.0 Å². The van der Waals surface area contributed by atoms with E-state index in [2.05, 4.69) is 47.4 Å². The molecule has 2 fully saturated rings. The van der Waals surface area contributed by atoms with Crippen LogP contribution in [0.5, 0.6) is 0 Å². The number of rotatable bonds is 11. The maximum atomic E-state index is 15.7. The summed E-state index contributed by atoms with van der Waals surface area (Å²) < 4.78 is 24.3. The fourth-order valence-electron chi connectivity index (χ4n) is 6.26. The van der Waals surface area contributed by atoms with Crippen LogP contribution in [0, 0.1) is 17.7 Å². The summed E-state index contributed by atoms with van der Waals surface area (Å²) in [6.07, 6.45) is 4.94. The third-order valence-corrected chi connectivity index (χ3v) is 10.1. The van der Waals surface area contributed by atoms with Gasteiger partial charge in [-0.05, 0) is 72.5 Å². The summed E-state index contributed by atoms with van der Waals surface area (Å²) in [7, 11) is 1.98. The van der Waals surface area contributed by atoms with Gasteiger partial charge in [0.25, 0.3) is 11.8 Å². The normalized spacial score (nSPS) is 20.4. The summed E-state index contributed by atoms with van der Waals surface area (Å²) in [5.41, 5.74) is 0.773. The van der Waals surface area contributed by atoms with Gasteiger partial charge < -0.3 is 25.8 Å². The molecule has 1 saturated carbocycles. The molecule has 0 bridgehead atoms. The molecule has 4 amide bonds. The number of anilines is 1. The highest BCUT2D eigenvalue weighted by atomic mass is 32.1. The van der Waals surface area contributed by atoms with Gasteiger partial charge in [-0.3, -0.25) is 19.2 Å². The first kappa shape index (κ1) is 35.0. The summed E-state index contributed by atoms with van der Waals surface area (Å²) in [5, 5.41) is 15.9. The van der Waals surface area contributed by atoms with Gasteiger partial charge in [-0.15, -0.1) is 0 Å². The zero-order chi connectivity index (χ0) is 34.4. The lowest BCUT2D eigenvalue weighted by Gasteiger charge is -2.36. The summed E-state index contributed by atoms with van der Waals surface area (Å²) in [5.74, 6) is -2.95. The number of carbonyl (C=O) groups is 4. The van der Waals surface area contributed by atoms with Crippen molar-refractivity contribution in [1.82, 2.24) is 40.1 Å². The van der Waals surface area contributed by atoms with Crippen LogP contribution in [0.15, 0.2) is 29.2 Å². The quantitative estimate of drug-likeness (QED) is 0.273. The smallest absolute Gasteiger partial charge is 0.282 e. The minimum atomic E-state index is -1.00. The highest BCUT2D eigenvalue weighted by molar-refractivity contribution is 7.07. The molecular weight excluding hydrogens is 641 g/mol. The van der Waals surface area contributed by atoms with Gasteiger partial charge in [0.15, 0.2) is 5.69 Å². The first-order valence-electron chi connectivity index (χ1n) is 16.3. The van der Waals surface area contributed by atoms with Gasteiger partial charge in [-0.2, -0.15) is 4.37 Å². The van der Waals surface area contributed by atoms with Gasteiger partial charge in [-0.25, -0.2) is 14.0 Å². The van der Waals surface area contributed by atoms with Crippen LogP contribution >= 0.6 is 11.5 Å². The number of halogens is 1. The van der Waals surface area contributed by atoms with E-state index in [9.17, 15) is 19.2 Å². The molecule has 1 aliphatic heterocycles. The number of amides is 4. The second-order valence-electron chi connectivity index (χ2n) is 12.7. The maximum Gasteiger partial charge on any atom is 0.282 e. The van der Waals surface area contributed by atoms with Crippen molar-refractivity contribution in [2.75, 3.05) is 38.5 Å². The molecule has 2 aliphatic rings. The molecule has 1 aromatic carbocycles. The number of aromatic nitrogens is 4. The third-order valence-electron chi connectivity index (χ3n) is 9.41. The first-order valence-corrected chi connectivity index (χ1v) is 17.1. The molecule has 14 nitrogen and oxygen atoms in total. The maximum absolute atomic E-state index is 15.7. The van der Waals surface area contributed by atoms with E-state index >= 15 is 4.39 Å². The number of hydrogen-bond donors (Lipinski definition) is 3. The summed E-state index contributed by atoms with van der Waals surface area (Å²) in [6.45, 7) is 8.08. The van der Waals surface area contributed by atoms with Gasteiger partial charge in [0.1, 0.15) is 29.9 Å².